The predicted octanol–water partition coefficient (Wildman–Crippen LogP) is 1.99. The van der Waals surface area contributed by atoms with Gasteiger partial charge in [0.1, 0.15) is 0 Å². The fraction of sp³-hybridized carbons (Fsp3) is 0.529. The van der Waals surface area contributed by atoms with Gasteiger partial charge in [-0.2, -0.15) is 0 Å². The van der Waals surface area contributed by atoms with Crippen LogP contribution >= 0.6 is 11.8 Å². The van der Waals surface area contributed by atoms with Crippen LogP contribution in [-0.4, -0.2) is 37.8 Å². The quantitative estimate of drug-likeness (QED) is 0.294. The molecule has 0 bridgehead atoms. The van der Waals surface area contributed by atoms with Crippen molar-refractivity contribution in [1.29, 1.82) is 0 Å². The van der Waals surface area contributed by atoms with Crippen molar-refractivity contribution in [2.45, 2.75) is 31.2 Å². The minimum Gasteiger partial charge on any atom is -0.357 e. The van der Waals surface area contributed by atoms with E-state index in [1.807, 2.05) is 6.92 Å². The van der Waals surface area contributed by atoms with Crippen LogP contribution in [-0.2, 0) is 11.3 Å². The molecule has 1 amide bonds. The van der Waals surface area contributed by atoms with Gasteiger partial charge in [0.2, 0.25) is 5.91 Å². The molecule has 3 N–H and O–H groups in total. The number of guanidine groups is 1. The maximum atomic E-state index is 11.6. The molecule has 0 aliphatic heterocycles. The van der Waals surface area contributed by atoms with Crippen molar-refractivity contribution in [2.24, 2.45) is 10.9 Å². The van der Waals surface area contributed by atoms with Crippen LogP contribution in [0.5, 0.6) is 0 Å². The second kappa shape index (κ2) is 9.45. The number of amides is 1. The first-order valence-corrected chi connectivity index (χ1v) is 9.38. The normalized spacial score (nSPS) is 14.4. The molecule has 1 aliphatic carbocycles. The number of thioether (sulfide) groups is 1. The molecule has 2 rings (SSSR count). The number of nitrogens with zero attached hydrogens (tertiary/aromatic N) is 1. The Hall–Kier alpha value is -1.69. The van der Waals surface area contributed by atoms with E-state index in [0.717, 1.165) is 25.3 Å². The van der Waals surface area contributed by atoms with Gasteiger partial charge in [-0.1, -0.05) is 12.1 Å². The third-order valence-electron chi connectivity index (χ3n) is 3.59. The van der Waals surface area contributed by atoms with E-state index in [2.05, 4.69) is 51.5 Å². The highest BCUT2D eigenvalue weighted by molar-refractivity contribution is 7.98. The lowest BCUT2D eigenvalue weighted by molar-refractivity contribution is -0.122. The van der Waals surface area contributed by atoms with Crippen LogP contribution < -0.4 is 16.0 Å². The number of hydrogen-bond donors (Lipinski definition) is 3. The van der Waals surface area contributed by atoms with Gasteiger partial charge < -0.3 is 16.0 Å². The third kappa shape index (κ3) is 6.52. The van der Waals surface area contributed by atoms with Gasteiger partial charge in [-0.05, 0) is 43.7 Å². The largest absolute Gasteiger partial charge is 0.357 e. The zero-order valence-corrected chi connectivity index (χ0v) is 14.7. The van der Waals surface area contributed by atoms with Gasteiger partial charge in [0, 0.05) is 30.4 Å². The van der Waals surface area contributed by atoms with Gasteiger partial charge in [-0.15, -0.1) is 11.8 Å². The molecule has 0 atom stereocenters. The summed E-state index contributed by atoms with van der Waals surface area (Å²) in [6.07, 6.45) is 4.15. The number of benzene rings is 1. The van der Waals surface area contributed by atoms with Crippen LogP contribution in [0.1, 0.15) is 25.3 Å². The zero-order chi connectivity index (χ0) is 16.5. The van der Waals surface area contributed by atoms with Gasteiger partial charge >= 0.3 is 0 Å². The first-order valence-electron chi connectivity index (χ1n) is 8.15. The summed E-state index contributed by atoms with van der Waals surface area (Å²) >= 11 is 1.74. The summed E-state index contributed by atoms with van der Waals surface area (Å²) < 4.78 is 0. The maximum absolute atomic E-state index is 11.6. The van der Waals surface area contributed by atoms with E-state index in [9.17, 15) is 4.79 Å². The van der Waals surface area contributed by atoms with Crippen molar-refractivity contribution in [2.75, 3.05) is 25.9 Å². The zero-order valence-electron chi connectivity index (χ0n) is 13.9. The van der Waals surface area contributed by atoms with Crippen LogP contribution in [0, 0.1) is 5.92 Å². The van der Waals surface area contributed by atoms with Crippen molar-refractivity contribution in [3.05, 3.63) is 29.8 Å². The summed E-state index contributed by atoms with van der Waals surface area (Å²) in [5, 5.41) is 9.41. The van der Waals surface area contributed by atoms with E-state index in [0.29, 0.717) is 19.6 Å². The molecule has 0 unspecified atom stereocenters. The first kappa shape index (κ1) is 17.7. The Kier molecular flexibility index (Phi) is 7.26. The summed E-state index contributed by atoms with van der Waals surface area (Å²) in [4.78, 5) is 17.4. The van der Waals surface area contributed by atoms with Gasteiger partial charge in [-0.25, -0.2) is 4.99 Å². The van der Waals surface area contributed by atoms with Crippen LogP contribution in [0.15, 0.2) is 34.2 Å². The van der Waals surface area contributed by atoms with E-state index < -0.39 is 0 Å². The minimum atomic E-state index is 0.183. The number of carbonyl (C=O) groups is 1. The number of nitrogens with one attached hydrogen (secondary N) is 3. The molecule has 5 nitrogen and oxygen atoms in total. The Bertz CT molecular complexity index is 526. The second-order valence-electron chi connectivity index (χ2n) is 5.54. The van der Waals surface area contributed by atoms with E-state index >= 15 is 0 Å². The van der Waals surface area contributed by atoms with Crippen molar-refractivity contribution in [1.82, 2.24) is 16.0 Å². The minimum absolute atomic E-state index is 0.183. The van der Waals surface area contributed by atoms with Gasteiger partial charge in [0.15, 0.2) is 5.96 Å². The molecule has 6 heteroatoms. The maximum Gasteiger partial charge on any atom is 0.223 e. The van der Waals surface area contributed by atoms with Crippen LogP contribution in [0.3, 0.4) is 0 Å². The standard InChI is InChI=1S/C17H26N4OS/c1-3-18-17(20-11-10-19-16(22)14-6-7-14)21-12-13-4-8-15(23-2)9-5-13/h4-5,8-9,14H,3,6-7,10-12H2,1-2H3,(H,19,22)(H2,18,20,21). The summed E-state index contributed by atoms with van der Waals surface area (Å²) in [5.41, 5.74) is 1.18. The van der Waals surface area contributed by atoms with Crippen molar-refractivity contribution in [3.8, 4) is 0 Å². The number of aliphatic imine (C=N–C) groups is 1. The summed E-state index contributed by atoms with van der Waals surface area (Å²) in [5.74, 6) is 1.23. The lowest BCUT2D eigenvalue weighted by Gasteiger charge is -2.12. The Morgan fingerprint density at radius 1 is 1.17 bits per heavy atom. The smallest absolute Gasteiger partial charge is 0.223 e. The topological polar surface area (TPSA) is 65.5 Å². The Labute approximate surface area is 142 Å². The van der Waals surface area contributed by atoms with E-state index in [1.54, 1.807) is 11.8 Å². The molecule has 0 aromatic heterocycles. The fourth-order valence-electron chi connectivity index (χ4n) is 2.10. The van der Waals surface area contributed by atoms with Gasteiger partial charge in [0.05, 0.1) is 6.54 Å². The number of rotatable bonds is 8. The summed E-state index contributed by atoms with van der Waals surface area (Å²) in [6, 6.07) is 8.44. The molecule has 23 heavy (non-hydrogen) atoms. The molecule has 1 saturated carbocycles. The van der Waals surface area contributed by atoms with Gasteiger partial charge in [0.25, 0.3) is 0 Å². The molecule has 0 heterocycles. The second-order valence-corrected chi connectivity index (χ2v) is 6.41. The van der Waals surface area contributed by atoms with E-state index in [1.165, 1.54) is 10.5 Å². The Balaban J connectivity index is 1.75. The highest BCUT2D eigenvalue weighted by Gasteiger charge is 2.28. The van der Waals surface area contributed by atoms with Crippen molar-refractivity contribution >= 4 is 23.6 Å². The lowest BCUT2D eigenvalue weighted by atomic mass is 10.2. The summed E-state index contributed by atoms with van der Waals surface area (Å²) in [7, 11) is 0. The van der Waals surface area contributed by atoms with Gasteiger partial charge in [-0.3, -0.25) is 4.79 Å². The number of hydrogen-bond acceptors (Lipinski definition) is 3. The average Bonchev–Trinajstić information content (AvgIpc) is 3.41. The summed E-state index contributed by atoms with van der Waals surface area (Å²) in [6.45, 7) is 4.79. The molecule has 1 fully saturated rings. The molecule has 126 valence electrons. The Morgan fingerprint density at radius 2 is 1.87 bits per heavy atom. The molecule has 0 spiro atoms. The molecule has 1 aliphatic rings. The predicted molar refractivity (Wildman–Crippen MR) is 96.8 cm³/mol. The monoisotopic (exact) mass is 334 g/mol. The molecule has 0 saturated heterocycles. The fourth-order valence-corrected chi connectivity index (χ4v) is 2.51. The molecule has 1 aromatic carbocycles. The third-order valence-corrected chi connectivity index (χ3v) is 4.33. The Morgan fingerprint density at radius 3 is 2.48 bits per heavy atom. The van der Waals surface area contributed by atoms with E-state index in [-0.39, 0.29) is 11.8 Å². The van der Waals surface area contributed by atoms with Crippen LogP contribution in [0.2, 0.25) is 0 Å². The average molecular weight is 334 g/mol. The SMILES string of the molecule is CCNC(=NCc1ccc(SC)cc1)NCCNC(=O)C1CC1. The van der Waals surface area contributed by atoms with E-state index in [4.69, 9.17) is 0 Å². The highest BCUT2D eigenvalue weighted by Crippen LogP contribution is 2.28. The lowest BCUT2D eigenvalue weighted by Crippen LogP contribution is -2.41. The highest BCUT2D eigenvalue weighted by atomic mass is 32.2. The number of carbonyl (C=O) groups excluding carboxylic acids is 1. The van der Waals surface area contributed by atoms with Crippen LogP contribution in [0.25, 0.3) is 0 Å². The molecular weight excluding hydrogens is 308 g/mol. The van der Waals surface area contributed by atoms with Crippen molar-refractivity contribution in [3.63, 3.8) is 0 Å². The molecular formula is C17H26N4OS. The molecule has 0 radical (unpaired) electrons. The van der Waals surface area contributed by atoms with Crippen LogP contribution in [0.4, 0.5) is 0 Å². The van der Waals surface area contributed by atoms with Crippen molar-refractivity contribution < 1.29 is 4.79 Å². The molecule has 1 aromatic rings. The first-order chi connectivity index (χ1) is 11.2.